The molecule has 0 atom stereocenters. The van der Waals surface area contributed by atoms with Gasteiger partial charge < -0.3 is 71.9 Å². The smallest absolute Gasteiger partial charge is 0.307 e. The first kappa shape index (κ1) is 93.9. The van der Waals surface area contributed by atoms with Crippen molar-refractivity contribution in [1.82, 2.24) is 46.2 Å². The van der Waals surface area contributed by atoms with E-state index >= 15 is 0 Å². The Hall–Kier alpha value is -1.58. The number of nitrogens with one attached hydrogen (secondary N) is 5. The second-order valence-corrected chi connectivity index (χ2v) is 14.2. The molecule has 0 rings (SSSR count). The van der Waals surface area contributed by atoms with E-state index in [0.717, 1.165) is 111 Å². The van der Waals surface area contributed by atoms with E-state index in [1.54, 1.807) is 0 Å². The van der Waals surface area contributed by atoms with Crippen molar-refractivity contribution in [3.63, 3.8) is 0 Å². The Bertz CT molecular complexity index is 836. The van der Waals surface area contributed by atoms with Gasteiger partial charge in [-0.15, -0.1) is 0 Å². The Labute approximate surface area is 503 Å². The third kappa shape index (κ3) is 192. The maximum Gasteiger partial charge on any atom is 0.307 e. The molecule has 0 aliphatic rings. The number of rotatable bonds is 26. The lowest BCUT2D eigenvalue weighted by molar-refractivity contribution is -0.144. The summed E-state index contributed by atoms with van der Waals surface area (Å²) in [5.41, 5.74) is 10.5. The molecule has 0 aromatic carbocycles. The third-order valence-corrected chi connectivity index (χ3v) is 8.01. The lowest BCUT2D eigenvalue weighted by Gasteiger charge is -2.12. The van der Waals surface area contributed by atoms with Crippen LogP contribution in [0.1, 0.15) is 159 Å². The summed E-state index contributed by atoms with van der Waals surface area (Å²) in [4.78, 5) is 40.4. The van der Waals surface area contributed by atoms with Gasteiger partial charge in [-0.25, -0.2) is 0 Å². The van der Waals surface area contributed by atoms with Gasteiger partial charge in [-0.2, -0.15) is 0 Å². The molecule has 0 saturated heterocycles. The van der Waals surface area contributed by atoms with Crippen LogP contribution >= 0.6 is 0 Å². The second kappa shape index (κ2) is 128. The fraction of sp³-hybridized carbons (Fsp3) is 0.939. The van der Waals surface area contributed by atoms with Crippen LogP contribution in [0, 0.1) is 0 Å². The van der Waals surface area contributed by atoms with Crippen molar-refractivity contribution in [2.24, 2.45) is 11.5 Å². The Morgan fingerprint density at radius 2 is 0.616 bits per heavy atom. The summed E-state index contributed by atoms with van der Waals surface area (Å²) in [7, 11) is 18.0. The zero-order valence-electron chi connectivity index (χ0n) is 66.4. The van der Waals surface area contributed by atoms with Crippen molar-refractivity contribution in [2.75, 3.05) is 181 Å². The van der Waals surface area contributed by atoms with Crippen LogP contribution in [0.25, 0.3) is 0 Å². The minimum Gasteiger partial charge on any atom is -0.466 e. The van der Waals surface area contributed by atoms with Crippen LogP contribution in [0.4, 0.5) is 0 Å². The van der Waals surface area contributed by atoms with Crippen molar-refractivity contribution < 1.29 is 59.4 Å². The third-order valence-electron chi connectivity index (χ3n) is 8.01. The highest BCUT2D eigenvalue weighted by Crippen LogP contribution is 1.91. The molecule has 0 fully saturated rings. The highest BCUT2D eigenvalue weighted by Gasteiger charge is 2.02. The molecule has 9 N–H and O–H groups in total. The Morgan fingerprint density at radius 3 is 0.767 bits per heavy atom. The highest BCUT2D eigenvalue weighted by atomic mass is 16.5. The molecule has 0 aliphatic carbocycles. The maximum atomic E-state index is 10.8. The van der Waals surface area contributed by atoms with E-state index in [-0.39, 0.29) is 86.8 Å². The minimum atomic E-state index is -0.104. The van der Waals surface area contributed by atoms with Crippen LogP contribution in [0.2, 0.25) is 0 Å². The predicted octanol–water partition coefficient (Wildman–Crippen LogP) is 5.61. The minimum absolute atomic E-state index is 0. The van der Waals surface area contributed by atoms with Crippen molar-refractivity contribution in [3.05, 3.63) is 0 Å². The topological polar surface area (TPSA) is 204 Å². The maximum absolute atomic E-state index is 10.8. The first-order valence-electron chi connectivity index (χ1n) is 32.2. The molecule has 459 valence electrons. The molecule has 0 spiro atoms. The summed E-state index contributed by atoms with van der Waals surface area (Å²) in [6.07, 6.45) is 4.58. The molecule has 24 heteroatoms. The molecule has 0 heterocycles. The van der Waals surface area contributed by atoms with Gasteiger partial charge in [0.2, 0.25) is 0 Å². The van der Waals surface area contributed by atoms with Crippen molar-refractivity contribution in [1.29, 1.82) is 0 Å². The van der Waals surface area contributed by atoms with Gasteiger partial charge in [0, 0.05) is 148 Å². The molecular weight excluding hydrogens is 914 g/mol. The fourth-order valence-electron chi connectivity index (χ4n) is 3.02. The number of ether oxygens (including phenoxy) is 3. The first-order chi connectivity index (χ1) is 38.4. The number of carbonyl (C=O) groups excluding carboxylic acids is 3. The number of nitrogens with zero attached hydrogens (tertiary/aromatic N) is 4. The highest BCUT2D eigenvalue weighted by molar-refractivity contribution is 5.76. The summed E-state index contributed by atoms with van der Waals surface area (Å²) in [6, 6.07) is 0. The van der Waals surface area contributed by atoms with E-state index in [0.29, 0.717) is 39.1 Å². The number of hydrogen-bond donors (Lipinski definition) is 7. The summed E-state index contributed by atoms with van der Waals surface area (Å²) in [5, 5.41) is 14.9. The van der Waals surface area contributed by atoms with E-state index < -0.39 is 0 Å². The van der Waals surface area contributed by atoms with Gasteiger partial charge in [0.05, 0.1) is 26.2 Å². The molecule has 0 amide bonds. The van der Waals surface area contributed by atoms with Crippen LogP contribution in [0.15, 0.2) is 0 Å². The Kier molecular flexibility index (Phi) is 165. The number of carbonyl (C=O) groups is 3. The van der Waals surface area contributed by atoms with Gasteiger partial charge in [0.15, 0.2) is 0 Å². The molecule has 0 bridgehead atoms. The van der Waals surface area contributed by atoms with Crippen molar-refractivity contribution in [2.45, 2.75) is 129 Å². The molecule has 17 nitrogen and oxygen atoms in total. The summed E-state index contributed by atoms with van der Waals surface area (Å²) >= 11 is 0. The van der Waals surface area contributed by atoms with Gasteiger partial charge in [-0.3, -0.25) is 14.4 Å². The summed E-state index contributed by atoms with van der Waals surface area (Å²) in [5.74, 6) is -0.280. The largest absolute Gasteiger partial charge is 0.466 e. The van der Waals surface area contributed by atoms with Gasteiger partial charge in [0.25, 0.3) is 0 Å². The predicted molar refractivity (Wildman–Crippen MR) is 362 cm³/mol. The standard InChI is InChI=1S/C8H17NO2.C6H16N2.2C6H12O2.2C5H14N2.C4H11N.3C3H9N.7B.14H2/c1-4-9(3)7-6-8(10)11-5-2;1-4-8(3)6-5-7-2;2*1-3-5-6(7)8-4-2;2*1-3-7(2)5-4-6;1-3-4-5-2;3*1-3-4-2;;;;;;;;;;;;;;;;;;;;;/h4-7H2,1-3H3;7H,4-6H2,1-3H3;2*3-5H2,1-2H3;2*3-6H2,1-2H3;5H,3-4H2,1-2H3;3*4H,3H2,1-2H3;;;;;;;;14*1H/i;;;;;;;;;;;;;;;;;7*1+1D;7*1+1. The van der Waals surface area contributed by atoms with Crippen molar-refractivity contribution >= 4 is 76.8 Å². The summed E-state index contributed by atoms with van der Waals surface area (Å²) in [6.45, 7) is 42.9. The number of likely N-dealkylation sites (N-methyl/N-ethyl adjacent to an activating group) is 4. The summed E-state index contributed by atoms with van der Waals surface area (Å²) < 4.78 is 84.1. The van der Waals surface area contributed by atoms with E-state index in [2.05, 4.69) is 132 Å². The molecule has 0 saturated carbocycles. The molecule has 0 aromatic heterocycles. The van der Waals surface area contributed by atoms with E-state index in [4.69, 9.17) is 37.0 Å². The zero-order valence-corrected chi connectivity index (χ0v) is 52.4. The SMILES string of the molecule is CCCC(=O)OCC.CCCC(=O)OCC.CCCNC.CCN(C)CCN.CCN(C)CCN.CCN(C)CCNC.CCNC.CCNC.CCNC.CCOC(=O)CCN(C)CC.[2HH].[2HH].[2HH].[2HH].[2HH].[2HH].[2HH].[2H][2H].[2H][2H].[2H][2H].[2H][2H].[2H][2H].[2H][2H].[2H][2H].[B].[B].[B].[B].[B].[B].[B]. The van der Waals surface area contributed by atoms with Crippen LogP contribution in [-0.4, -0.2) is 278 Å². The molecule has 73 heavy (non-hydrogen) atoms. The second-order valence-electron chi connectivity index (χ2n) is 14.2. The zero-order chi connectivity index (χ0) is 67.7. The quantitative estimate of drug-likeness (QED) is 0.0320. The average Bonchev–Trinajstić information content (AvgIpc) is 3.51. The molecule has 0 unspecified atom stereocenters. The van der Waals surface area contributed by atoms with E-state index in [1.807, 2.05) is 76.9 Å². The Morgan fingerprint density at radius 1 is 0.384 bits per heavy atom. The molecule has 21 radical (unpaired) electrons. The number of hydrogen-bond acceptors (Lipinski definition) is 17. The van der Waals surface area contributed by atoms with Crippen LogP contribution < -0.4 is 38.1 Å². The molecule has 0 aliphatic heterocycles. The van der Waals surface area contributed by atoms with Crippen LogP contribution in [0.5, 0.6) is 0 Å². The lowest BCUT2D eigenvalue weighted by Crippen LogP contribution is -2.26. The fourth-order valence-corrected chi connectivity index (χ4v) is 3.02. The van der Waals surface area contributed by atoms with E-state index in [9.17, 15) is 14.4 Å². The monoisotopic (exact) mass is 1090 g/mol. The normalized spacial score (nSPS) is 9.15. The van der Waals surface area contributed by atoms with Gasteiger partial charge >= 0.3 is 17.9 Å². The van der Waals surface area contributed by atoms with Gasteiger partial charge in [-0.05, 0) is 156 Å². The van der Waals surface area contributed by atoms with Crippen molar-refractivity contribution in [3.8, 4) is 0 Å². The van der Waals surface area contributed by atoms with Gasteiger partial charge in [0.1, 0.15) is 0 Å². The first-order valence-corrected chi connectivity index (χ1v) is 25.2. The lowest BCUT2D eigenvalue weighted by atomic mass is 10.3. The Balaban J connectivity index is -0.0000000157. The van der Waals surface area contributed by atoms with Crippen LogP contribution in [0.3, 0.4) is 0 Å². The van der Waals surface area contributed by atoms with Gasteiger partial charge in [-0.1, -0.05) is 69.2 Å². The van der Waals surface area contributed by atoms with E-state index in [1.165, 1.54) is 6.42 Å². The number of nitrogens with two attached hydrogens (primary N) is 2. The van der Waals surface area contributed by atoms with Crippen LogP contribution in [-0.2, 0) is 28.6 Å². The average molecular weight is 1090 g/mol. The number of esters is 3. The molecule has 0 aromatic rings. The molecular formula is C49H151B7N11O6.